The minimum absolute atomic E-state index is 0.123. The van der Waals surface area contributed by atoms with Crippen molar-refractivity contribution in [2.75, 3.05) is 5.32 Å². The largest absolute Gasteiger partial charge is 0.444 e. The second-order valence-electron chi connectivity index (χ2n) is 12.3. The molecular formula is C33H41N3O4. The van der Waals surface area contributed by atoms with Crippen molar-refractivity contribution in [1.29, 1.82) is 0 Å². The summed E-state index contributed by atoms with van der Waals surface area (Å²) in [5, 5.41) is 7.96. The van der Waals surface area contributed by atoms with E-state index in [4.69, 9.17) is 4.74 Å². The molecule has 0 bridgehead atoms. The van der Waals surface area contributed by atoms with Gasteiger partial charge in [-0.3, -0.25) is 9.59 Å². The maximum Gasteiger partial charge on any atom is 0.408 e. The Bertz CT molecular complexity index is 1390. The highest BCUT2D eigenvalue weighted by Crippen LogP contribution is 2.41. The molecule has 3 aromatic rings. The number of rotatable bonds is 8. The molecule has 0 saturated heterocycles. The predicted octanol–water partition coefficient (Wildman–Crippen LogP) is 6.61. The molecule has 0 radical (unpaired) electrons. The number of aryl methyl sites for hydroxylation is 1. The van der Waals surface area contributed by atoms with E-state index >= 15 is 0 Å². The molecule has 7 heteroatoms. The van der Waals surface area contributed by atoms with Gasteiger partial charge in [-0.2, -0.15) is 0 Å². The van der Waals surface area contributed by atoms with Gasteiger partial charge < -0.3 is 20.3 Å². The van der Waals surface area contributed by atoms with Crippen LogP contribution in [0.15, 0.2) is 66.7 Å². The van der Waals surface area contributed by atoms with E-state index in [1.165, 1.54) is 0 Å². The van der Waals surface area contributed by atoms with Crippen LogP contribution in [0.1, 0.15) is 65.1 Å². The number of carbonyl (C=O) groups excluding carboxylic acids is 3. The highest BCUT2D eigenvalue weighted by Gasteiger charge is 2.48. The molecule has 3 amide bonds. The van der Waals surface area contributed by atoms with Crippen molar-refractivity contribution < 1.29 is 19.1 Å². The van der Waals surface area contributed by atoms with Crippen LogP contribution in [0.4, 0.5) is 10.5 Å². The van der Waals surface area contributed by atoms with E-state index in [0.717, 1.165) is 28.3 Å². The Labute approximate surface area is 237 Å². The summed E-state index contributed by atoms with van der Waals surface area (Å²) >= 11 is 0. The summed E-state index contributed by atoms with van der Waals surface area (Å²) in [5.74, 6) is -0.583. The van der Waals surface area contributed by atoms with E-state index < -0.39 is 23.8 Å². The van der Waals surface area contributed by atoms with Crippen molar-refractivity contribution in [3.05, 3.63) is 77.9 Å². The second-order valence-corrected chi connectivity index (χ2v) is 12.3. The first-order valence-corrected chi connectivity index (χ1v) is 14.0. The van der Waals surface area contributed by atoms with E-state index in [2.05, 4.69) is 17.6 Å². The van der Waals surface area contributed by atoms with Gasteiger partial charge in [0, 0.05) is 11.7 Å². The van der Waals surface area contributed by atoms with Gasteiger partial charge in [-0.1, -0.05) is 80.9 Å². The molecule has 1 fully saturated rings. The van der Waals surface area contributed by atoms with Crippen LogP contribution in [-0.4, -0.2) is 40.5 Å². The number of amides is 3. The first-order chi connectivity index (χ1) is 18.8. The van der Waals surface area contributed by atoms with Gasteiger partial charge in [0.15, 0.2) is 0 Å². The molecule has 1 saturated carbocycles. The Morgan fingerprint density at radius 2 is 1.62 bits per heavy atom. The number of fused-ring (bicyclic) bond motifs is 1. The lowest BCUT2D eigenvalue weighted by Gasteiger charge is -2.36. The molecule has 4 atom stereocenters. The minimum atomic E-state index is -0.879. The second kappa shape index (κ2) is 11.7. The summed E-state index contributed by atoms with van der Waals surface area (Å²) in [6.07, 6.45) is 0.130. The number of alkyl carbamates (subject to hydrolysis) is 1. The molecule has 0 spiro atoms. The van der Waals surface area contributed by atoms with Gasteiger partial charge in [-0.15, -0.1) is 0 Å². The maximum atomic E-state index is 14.3. The van der Waals surface area contributed by atoms with E-state index in [1.807, 2.05) is 87.5 Å². The zero-order valence-corrected chi connectivity index (χ0v) is 24.5. The number of hydrogen-bond acceptors (Lipinski definition) is 4. The fraction of sp³-hybridized carbons (Fsp3) is 0.424. The Hall–Kier alpha value is -3.87. The molecule has 3 aromatic carbocycles. The number of hydrogen-bond donors (Lipinski definition) is 2. The minimum Gasteiger partial charge on any atom is -0.444 e. The first-order valence-electron chi connectivity index (χ1n) is 14.0. The van der Waals surface area contributed by atoms with Crippen LogP contribution in [0.3, 0.4) is 0 Å². The molecule has 212 valence electrons. The van der Waals surface area contributed by atoms with Gasteiger partial charge in [-0.25, -0.2) is 4.79 Å². The number of benzene rings is 3. The average Bonchev–Trinajstić information content (AvgIpc) is 3.59. The van der Waals surface area contributed by atoms with Crippen molar-refractivity contribution in [2.45, 2.75) is 78.6 Å². The highest BCUT2D eigenvalue weighted by molar-refractivity contribution is 6.00. The van der Waals surface area contributed by atoms with E-state index in [1.54, 1.807) is 25.7 Å². The Morgan fingerprint density at radius 3 is 2.23 bits per heavy atom. The Balaban J connectivity index is 1.71. The summed E-state index contributed by atoms with van der Waals surface area (Å²) < 4.78 is 5.47. The summed E-state index contributed by atoms with van der Waals surface area (Å²) in [6.45, 7) is 13.1. The lowest BCUT2D eigenvalue weighted by atomic mass is 9.97. The fourth-order valence-corrected chi connectivity index (χ4v) is 5.04. The van der Waals surface area contributed by atoms with Crippen molar-refractivity contribution in [2.24, 2.45) is 11.8 Å². The van der Waals surface area contributed by atoms with Crippen molar-refractivity contribution in [3.63, 3.8) is 0 Å². The summed E-state index contributed by atoms with van der Waals surface area (Å²) in [5.41, 5.74) is 1.67. The number of carbonyl (C=O) groups is 3. The smallest absolute Gasteiger partial charge is 0.408 e. The van der Waals surface area contributed by atoms with Crippen LogP contribution in [-0.2, 0) is 14.3 Å². The zero-order valence-electron chi connectivity index (χ0n) is 24.5. The molecule has 40 heavy (non-hydrogen) atoms. The molecule has 0 aliphatic heterocycles. The molecule has 4 rings (SSSR count). The number of anilines is 1. The summed E-state index contributed by atoms with van der Waals surface area (Å²) in [6, 6.07) is 19.6. The first kappa shape index (κ1) is 29.1. The van der Waals surface area contributed by atoms with Crippen LogP contribution < -0.4 is 10.6 Å². The topological polar surface area (TPSA) is 87.7 Å². The molecule has 1 aliphatic rings. The lowest BCUT2D eigenvalue weighted by Crippen LogP contribution is -2.55. The van der Waals surface area contributed by atoms with E-state index in [-0.39, 0.29) is 29.7 Å². The van der Waals surface area contributed by atoms with Gasteiger partial charge in [0.25, 0.3) is 5.91 Å². The van der Waals surface area contributed by atoms with Crippen LogP contribution >= 0.6 is 0 Å². The van der Waals surface area contributed by atoms with Gasteiger partial charge in [0.05, 0.1) is 0 Å². The third kappa shape index (κ3) is 7.00. The normalized spacial score (nSPS) is 18.1. The quantitative estimate of drug-likeness (QED) is 0.334. The van der Waals surface area contributed by atoms with Crippen molar-refractivity contribution in [3.8, 4) is 0 Å². The molecule has 7 nitrogen and oxygen atoms in total. The van der Waals surface area contributed by atoms with Crippen LogP contribution in [0.2, 0.25) is 0 Å². The fourth-order valence-electron chi connectivity index (χ4n) is 5.04. The number of nitrogens with one attached hydrogen (secondary N) is 2. The van der Waals surface area contributed by atoms with Gasteiger partial charge >= 0.3 is 6.09 Å². The molecule has 0 aromatic heterocycles. The molecule has 4 unspecified atom stereocenters. The Morgan fingerprint density at radius 1 is 0.950 bits per heavy atom. The maximum absolute atomic E-state index is 14.3. The molecule has 1 aliphatic carbocycles. The summed E-state index contributed by atoms with van der Waals surface area (Å²) in [4.78, 5) is 42.9. The third-order valence-electron chi connectivity index (χ3n) is 7.19. The zero-order chi connectivity index (χ0) is 29.2. The van der Waals surface area contributed by atoms with Crippen molar-refractivity contribution in [1.82, 2.24) is 10.2 Å². The van der Waals surface area contributed by atoms with Crippen LogP contribution in [0.25, 0.3) is 10.8 Å². The van der Waals surface area contributed by atoms with Gasteiger partial charge in [0.1, 0.15) is 17.7 Å². The predicted molar refractivity (Wildman–Crippen MR) is 159 cm³/mol. The average molecular weight is 544 g/mol. The van der Waals surface area contributed by atoms with Crippen LogP contribution in [0.5, 0.6) is 0 Å². The lowest BCUT2D eigenvalue weighted by molar-refractivity contribution is -0.142. The van der Waals surface area contributed by atoms with E-state index in [0.29, 0.717) is 5.69 Å². The van der Waals surface area contributed by atoms with E-state index in [9.17, 15) is 14.4 Å². The number of ether oxygens (including phenoxy) is 1. The summed E-state index contributed by atoms with van der Waals surface area (Å²) in [7, 11) is 0. The van der Waals surface area contributed by atoms with Crippen LogP contribution in [0, 0.1) is 18.8 Å². The monoisotopic (exact) mass is 543 g/mol. The molecular weight excluding hydrogens is 502 g/mol. The van der Waals surface area contributed by atoms with Gasteiger partial charge in [0.2, 0.25) is 5.91 Å². The Kier molecular flexibility index (Phi) is 8.52. The van der Waals surface area contributed by atoms with Crippen molar-refractivity contribution >= 4 is 34.4 Å². The third-order valence-corrected chi connectivity index (χ3v) is 7.19. The molecule has 0 heterocycles. The number of nitrogens with zero attached hydrogens (tertiary/aromatic N) is 1. The SMILES string of the molecule is Cc1cccc(C(C(=O)Nc2ccc3ccccc3c2)N(C(=O)C(NC(=O)OC(C)(C)C)C(C)C)C2CC2C)c1. The standard InChI is InChI=1S/C33H41N3O4/c1-20(2)28(35-32(39)40-33(5,6)7)31(38)36(27-18-22(27)4)29(25-14-10-11-21(3)17-25)30(37)34-26-16-15-23-12-8-9-13-24(23)19-26/h8-17,19-20,22,27-29H,18H2,1-7H3,(H,34,37)(H,35,39). The van der Waals surface area contributed by atoms with Gasteiger partial charge in [-0.05, 0) is 74.4 Å². The molecule has 2 N–H and O–H groups in total. The highest BCUT2D eigenvalue weighted by atomic mass is 16.6.